The maximum atomic E-state index is 12.1. The number of ether oxygens (including phenoxy) is 1. The molecule has 1 aromatic carbocycles. The summed E-state index contributed by atoms with van der Waals surface area (Å²) in [5.41, 5.74) is 0.581. The Morgan fingerprint density at radius 1 is 1.35 bits per heavy atom. The predicted octanol–water partition coefficient (Wildman–Crippen LogP) is 2.58. The molecule has 0 radical (unpaired) electrons. The van der Waals surface area contributed by atoms with Gasteiger partial charge in [-0.2, -0.15) is 0 Å². The molecule has 2 rings (SSSR count). The highest BCUT2D eigenvalue weighted by molar-refractivity contribution is 7.80. The largest absolute Gasteiger partial charge is 0.497 e. The number of rotatable bonds is 2. The van der Waals surface area contributed by atoms with Gasteiger partial charge in [-0.25, -0.2) is 0 Å². The first-order chi connectivity index (χ1) is 9.61. The van der Waals surface area contributed by atoms with Crippen molar-refractivity contribution in [3.05, 3.63) is 29.8 Å². The van der Waals surface area contributed by atoms with Gasteiger partial charge in [-0.15, -0.1) is 0 Å². The van der Waals surface area contributed by atoms with Gasteiger partial charge >= 0.3 is 0 Å². The Hall–Kier alpha value is -1.62. The van der Waals surface area contributed by atoms with Crippen molar-refractivity contribution in [3.8, 4) is 5.75 Å². The topological polar surface area (TPSA) is 41.6 Å². The molecule has 1 heterocycles. The number of thiocarbonyl (C=S) groups is 1. The maximum absolute atomic E-state index is 12.1. The van der Waals surface area contributed by atoms with Gasteiger partial charge in [0.2, 0.25) is 0 Å². The molecule has 1 amide bonds. The lowest BCUT2D eigenvalue weighted by Crippen LogP contribution is -2.48. The van der Waals surface area contributed by atoms with Gasteiger partial charge in [-0.1, -0.05) is 0 Å². The first-order valence-corrected chi connectivity index (χ1v) is 7.28. The highest BCUT2D eigenvalue weighted by atomic mass is 32.1. The quantitative estimate of drug-likeness (QED) is 0.851. The van der Waals surface area contributed by atoms with E-state index in [0.29, 0.717) is 16.7 Å². The van der Waals surface area contributed by atoms with E-state index in [9.17, 15) is 4.79 Å². The van der Waals surface area contributed by atoms with Crippen LogP contribution in [0.2, 0.25) is 0 Å². The van der Waals surface area contributed by atoms with Crippen molar-refractivity contribution in [1.29, 1.82) is 0 Å². The van der Waals surface area contributed by atoms with Gasteiger partial charge in [0.1, 0.15) is 5.75 Å². The highest BCUT2D eigenvalue weighted by Gasteiger charge is 2.22. The number of likely N-dealkylation sites (tertiary alicyclic amines) is 1. The Kier molecular flexibility index (Phi) is 4.95. The molecule has 1 aliphatic heterocycles. The predicted molar refractivity (Wildman–Crippen MR) is 83.1 cm³/mol. The van der Waals surface area contributed by atoms with Gasteiger partial charge in [0.05, 0.1) is 7.11 Å². The van der Waals surface area contributed by atoms with Crippen LogP contribution in [0.15, 0.2) is 24.3 Å². The number of carbonyl (C=O) groups is 1. The lowest BCUT2D eigenvalue weighted by molar-refractivity contribution is 0.0970. The molecule has 0 aromatic heterocycles. The number of methoxy groups -OCH3 is 1. The molecule has 1 aliphatic rings. The average molecular weight is 292 g/mol. The van der Waals surface area contributed by atoms with E-state index in [-0.39, 0.29) is 5.91 Å². The number of piperidine rings is 1. The monoisotopic (exact) mass is 292 g/mol. The lowest BCUT2D eigenvalue weighted by atomic mass is 10.0. The van der Waals surface area contributed by atoms with E-state index < -0.39 is 0 Å². The van der Waals surface area contributed by atoms with E-state index >= 15 is 0 Å². The van der Waals surface area contributed by atoms with Crippen molar-refractivity contribution in [2.24, 2.45) is 0 Å². The molecular formula is C15H20N2O2S. The zero-order chi connectivity index (χ0) is 14.5. The van der Waals surface area contributed by atoms with Crippen LogP contribution in [0.5, 0.6) is 5.75 Å². The van der Waals surface area contributed by atoms with E-state index in [1.807, 2.05) is 0 Å². The van der Waals surface area contributed by atoms with Gasteiger partial charge < -0.3 is 9.64 Å². The minimum atomic E-state index is -0.171. The second-order valence-electron chi connectivity index (χ2n) is 5.03. The zero-order valence-corrected chi connectivity index (χ0v) is 12.7. The third-order valence-corrected chi connectivity index (χ3v) is 3.97. The summed E-state index contributed by atoms with van der Waals surface area (Å²) in [5, 5.41) is 3.34. The van der Waals surface area contributed by atoms with E-state index in [1.54, 1.807) is 31.4 Å². The number of hydrogen-bond acceptors (Lipinski definition) is 3. The molecule has 0 saturated carbocycles. The highest BCUT2D eigenvalue weighted by Crippen LogP contribution is 2.17. The van der Waals surface area contributed by atoms with Crippen LogP contribution < -0.4 is 10.1 Å². The minimum absolute atomic E-state index is 0.171. The SMILES string of the molecule is COc1ccc(C(=O)NC(=S)N2CCCCC2C)cc1. The zero-order valence-electron chi connectivity index (χ0n) is 11.9. The van der Waals surface area contributed by atoms with Crippen LogP contribution in [-0.2, 0) is 0 Å². The standard InChI is InChI=1S/C15H20N2O2S/c1-11-5-3-4-10-17(11)15(20)16-14(18)12-6-8-13(19-2)9-7-12/h6-9,11H,3-5,10H2,1-2H3,(H,16,18,20). The summed E-state index contributed by atoms with van der Waals surface area (Å²) >= 11 is 5.35. The van der Waals surface area contributed by atoms with Crippen LogP contribution in [-0.4, -0.2) is 35.6 Å². The van der Waals surface area contributed by atoms with Crippen LogP contribution in [0.1, 0.15) is 36.5 Å². The second-order valence-corrected chi connectivity index (χ2v) is 5.41. The Balaban J connectivity index is 1.97. The Morgan fingerprint density at radius 2 is 2.05 bits per heavy atom. The van der Waals surface area contributed by atoms with Crippen LogP contribution in [0.4, 0.5) is 0 Å². The summed E-state index contributed by atoms with van der Waals surface area (Å²) in [4.78, 5) is 14.2. The van der Waals surface area contributed by atoms with Crippen molar-refractivity contribution < 1.29 is 9.53 Å². The molecule has 0 spiro atoms. The summed E-state index contributed by atoms with van der Waals surface area (Å²) in [6.07, 6.45) is 3.48. The fraction of sp³-hybridized carbons (Fsp3) is 0.467. The van der Waals surface area contributed by atoms with Crippen LogP contribution in [0.25, 0.3) is 0 Å². The number of hydrogen-bond donors (Lipinski definition) is 1. The molecule has 1 saturated heterocycles. The molecule has 1 fully saturated rings. The van der Waals surface area contributed by atoms with E-state index in [0.717, 1.165) is 25.1 Å². The molecule has 1 N–H and O–H groups in total. The summed E-state index contributed by atoms with van der Waals surface area (Å²) in [6.45, 7) is 3.06. The molecule has 1 unspecified atom stereocenters. The van der Waals surface area contributed by atoms with Gasteiger partial charge in [-0.3, -0.25) is 10.1 Å². The van der Waals surface area contributed by atoms with Gasteiger partial charge in [0, 0.05) is 18.2 Å². The van der Waals surface area contributed by atoms with Crippen LogP contribution in [0, 0.1) is 0 Å². The molecule has 20 heavy (non-hydrogen) atoms. The van der Waals surface area contributed by atoms with Crippen LogP contribution in [0.3, 0.4) is 0 Å². The Morgan fingerprint density at radius 3 is 2.65 bits per heavy atom. The first-order valence-electron chi connectivity index (χ1n) is 6.88. The third kappa shape index (κ3) is 3.48. The first kappa shape index (κ1) is 14.8. The summed E-state index contributed by atoms with van der Waals surface area (Å²) < 4.78 is 5.07. The van der Waals surface area contributed by atoms with Crippen molar-refractivity contribution in [2.45, 2.75) is 32.2 Å². The fourth-order valence-electron chi connectivity index (χ4n) is 2.38. The number of nitrogens with one attached hydrogen (secondary N) is 1. The summed E-state index contributed by atoms with van der Waals surface area (Å²) in [7, 11) is 1.60. The van der Waals surface area contributed by atoms with E-state index in [1.165, 1.54) is 6.42 Å². The Labute approximate surface area is 125 Å². The lowest BCUT2D eigenvalue weighted by Gasteiger charge is -2.35. The summed E-state index contributed by atoms with van der Waals surface area (Å²) in [6, 6.07) is 7.39. The number of benzene rings is 1. The smallest absolute Gasteiger partial charge is 0.257 e. The fourth-order valence-corrected chi connectivity index (χ4v) is 2.75. The third-order valence-electron chi connectivity index (χ3n) is 3.64. The van der Waals surface area contributed by atoms with Gasteiger partial charge in [0.25, 0.3) is 5.91 Å². The van der Waals surface area contributed by atoms with Crippen molar-refractivity contribution in [2.75, 3.05) is 13.7 Å². The van der Waals surface area contributed by atoms with E-state index in [4.69, 9.17) is 17.0 Å². The molecule has 0 bridgehead atoms. The number of carbonyl (C=O) groups excluding carboxylic acids is 1. The summed E-state index contributed by atoms with van der Waals surface area (Å²) in [5.74, 6) is 0.559. The van der Waals surface area contributed by atoms with Gasteiger partial charge in [0.15, 0.2) is 5.11 Å². The van der Waals surface area contributed by atoms with E-state index in [2.05, 4.69) is 17.1 Å². The molecule has 1 atom stereocenters. The normalized spacial score (nSPS) is 18.5. The maximum Gasteiger partial charge on any atom is 0.257 e. The Bertz CT molecular complexity index is 487. The van der Waals surface area contributed by atoms with Gasteiger partial charge in [-0.05, 0) is 62.7 Å². The molecule has 108 valence electrons. The van der Waals surface area contributed by atoms with Crippen molar-refractivity contribution in [3.63, 3.8) is 0 Å². The molecule has 4 nitrogen and oxygen atoms in total. The second kappa shape index (κ2) is 6.70. The van der Waals surface area contributed by atoms with Crippen molar-refractivity contribution in [1.82, 2.24) is 10.2 Å². The number of nitrogens with zero attached hydrogens (tertiary/aromatic N) is 1. The van der Waals surface area contributed by atoms with Crippen LogP contribution >= 0.6 is 12.2 Å². The average Bonchev–Trinajstić information content (AvgIpc) is 2.47. The molecular weight excluding hydrogens is 272 g/mol. The number of amides is 1. The van der Waals surface area contributed by atoms with Crippen molar-refractivity contribution >= 4 is 23.2 Å². The molecule has 5 heteroatoms. The molecule has 1 aromatic rings. The minimum Gasteiger partial charge on any atom is -0.497 e. The molecule has 0 aliphatic carbocycles.